The van der Waals surface area contributed by atoms with Crippen molar-refractivity contribution in [2.75, 3.05) is 9.80 Å². The fraction of sp³-hybridized carbons (Fsp3) is 0. The second-order valence-electron chi connectivity index (χ2n) is 22.7. The minimum Gasteiger partial charge on any atom is -0.310 e. The lowest BCUT2D eigenvalue weighted by Gasteiger charge is -2.46. The van der Waals surface area contributed by atoms with Crippen molar-refractivity contribution < 1.29 is 0 Å². The summed E-state index contributed by atoms with van der Waals surface area (Å²) >= 11 is 0. The van der Waals surface area contributed by atoms with Crippen LogP contribution >= 0.6 is 0 Å². The number of benzene rings is 14. The first-order valence-corrected chi connectivity index (χ1v) is 29.8. The third-order valence-electron chi connectivity index (χ3n) is 17.9. The summed E-state index contributed by atoms with van der Waals surface area (Å²) in [5.41, 5.74) is 27.7. The molecule has 3 nitrogen and oxygen atoms in total. The van der Waals surface area contributed by atoms with Gasteiger partial charge in [0.1, 0.15) is 0 Å². The van der Waals surface area contributed by atoms with Crippen molar-refractivity contribution in [1.29, 1.82) is 0 Å². The molecule has 2 aliphatic rings. The van der Waals surface area contributed by atoms with Crippen molar-refractivity contribution in [2.45, 2.75) is 0 Å². The Hall–Kier alpha value is -11.2. The molecule has 400 valence electrons. The normalized spacial score (nSPS) is 12.3. The topological polar surface area (TPSA) is 11.4 Å². The first kappa shape index (κ1) is 49.4. The van der Waals surface area contributed by atoms with Crippen LogP contribution in [0.3, 0.4) is 0 Å². The van der Waals surface area contributed by atoms with Crippen molar-refractivity contribution in [3.63, 3.8) is 0 Å². The molecule has 0 amide bonds. The van der Waals surface area contributed by atoms with Crippen LogP contribution < -0.4 is 26.2 Å². The number of aromatic nitrogens is 1. The van der Waals surface area contributed by atoms with Crippen molar-refractivity contribution in [1.82, 2.24) is 4.57 Å². The summed E-state index contributed by atoms with van der Waals surface area (Å²) in [7, 11) is 0. The first-order chi connectivity index (χ1) is 42.7. The van der Waals surface area contributed by atoms with Crippen LogP contribution in [0.2, 0.25) is 0 Å². The summed E-state index contributed by atoms with van der Waals surface area (Å²) in [5, 5.41) is 4.85. The molecule has 0 N–H and O–H groups in total. The van der Waals surface area contributed by atoms with Crippen LogP contribution in [0.15, 0.2) is 328 Å². The number of para-hydroxylation sites is 3. The Morgan fingerprint density at radius 2 is 0.605 bits per heavy atom. The molecule has 0 atom stereocenters. The minimum absolute atomic E-state index is 0.214. The predicted octanol–water partition coefficient (Wildman–Crippen LogP) is 20.0. The highest BCUT2D eigenvalue weighted by Crippen LogP contribution is 2.54. The quantitative estimate of drug-likeness (QED) is 0.133. The molecule has 0 fully saturated rings. The highest BCUT2D eigenvalue weighted by atomic mass is 15.2. The Morgan fingerprint density at radius 3 is 1.03 bits per heavy atom. The molecule has 0 aliphatic carbocycles. The summed E-state index contributed by atoms with van der Waals surface area (Å²) < 4.78 is 2.55. The Bertz CT molecular complexity index is 4740. The molecule has 0 saturated heterocycles. The zero-order valence-corrected chi connectivity index (χ0v) is 47.1. The van der Waals surface area contributed by atoms with E-state index in [0.717, 1.165) is 95.4 Å². The summed E-state index contributed by atoms with van der Waals surface area (Å²) in [6.45, 7) is -0.214. The third kappa shape index (κ3) is 7.99. The van der Waals surface area contributed by atoms with Crippen molar-refractivity contribution in [3.05, 3.63) is 328 Å². The molecule has 2 aliphatic heterocycles. The van der Waals surface area contributed by atoms with Gasteiger partial charge in [0.2, 0.25) is 0 Å². The number of fused-ring (bicyclic) bond motifs is 8. The van der Waals surface area contributed by atoms with Crippen LogP contribution in [0.1, 0.15) is 0 Å². The van der Waals surface area contributed by atoms with E-state index in [4.69, 9.17) is 0 Å². The highest BCUT2D eigenvalue weighted by Gasteiger charge is 2.46. The van der Waals surface area contributed by atoms with E-state index in [1.807, 2.05) is 0 Å². The van der Waals surface area contributed by atoms with Crippen LogP contribution in [-0.2, 0) is 0 Å². The molecule has 86 heavy (non-hydrogen) atoms. The number of rotatable bonds is 9. The molecule has 0 radical (unpaired) electrons. The SMILES string of the molecule is c1ccc(-c2ccc3c(c2)B2c4cc(-c5ccccc5)ccc4N(c4c(-c5ccccc5)cccc4-c4ccccc4)c4cc(-n5c6ccccc6c6cc7ccccc7cc65)cc(c42)N3c2c(-c3ccccc3)cccc2-c2ccccc2)cc1. The maximum Gasteiger partial charge on any atom is 0.252 e. The number of nitrogens with zero attached hydrogens (tertiary/aromatic N) is 3. The third-order valence-corrected chi connectivity index (χ3v) is 17.9. The second kappa shape index (κ2) is 20.3. The largest absolute Gasteiger partial charge is 0.310 e. The van der Waals surface area contributed by atoms with E-state index >= 15 is 0 Å². The van der Waals surface area contributed by atoms with Gasteiger partial charge >= 0.3 is 0 Å². The van der Waals surface area contributed by atoms with E-state index in [-0.39, 0.29) is 6.71 Å². The molecule has 14 aromatic carbocycles. The lowest BCUT2D eigenvalue weighted by atomic mass is 9.33. The Kier molecular flexibility index (Phi) is 11.7. The highest BCUT2D eigenvalue weighted by molar-refractivity contribution is 7.00. The van der Waals surface area contributed by atoms with Gasteiger partial charge in [-0.25, -0.2) is 0 Å². The van der Waals surface area contributed by atoms with Crippen LogP contribution in [0.4, 0.5) is 34.1 Å². The average Bonchev–Trinajstić information content (AvgIpc) is 0.794. The second-order valence-corrected chi connectivity index (χ2v) is 22.7. The summed E-state index contributed by atoms with van der Waals surface area (Å²) in [6, 6.07) is 122. The van der Waals surface area contributed by atoms with Crippen molar-refractivity contribution in [2.24, 2.45) is 0 Å². The van der Waals surface area contributed by atoms with Gasteiger partial charge in [0, 0.05) is 55.8 Å². The van der Waals surface area contributed by atoms with Crippen molar-refractivity contribution in [3.8, 4) is 72.4 Å². The van der Waals surface area contributed by atoms with E-state index < -0.39 is 0 Å². The summed E-state index contributed by atoms with van der Waals surface area (Å²) in [5.74, 6) is 0. The van der Waals surface area contributed by atoms with Crippen LogP contribution in [0.5, 0.6) is 0 Å². The van der Waals surface area contributed by atoms with Gasteiger partial charge in [0.05, 0.1) is 28.1 Å². The van der Waals surface area contributed by atoms with Gasteiger partial charge in [-0.2, -0.15) is 0 Å². The fourth-order valence-electron chi connectivity index (χ4n) is 14.1. The molecule has 0 spiro atoms. The lowest BCUT2D eigenvalue weighted by Crippen LogP contribution is -2.61. The van der Waals surface area contributed by atoms with Gasteiger partial charge in [0.25, 0.3) is 6.71 Å². The van der Waals surface area contributed by atoms with E-state index in [0.29, 0.717) is 0 Å². The van der Waals surface area contributed by atoms with Gasteiger partial charge in [-0.15, -0.1) is 0 Å². The number of hydrogen-bond acceptors (Lipinski definition) is 2. The van der Waals surface area contributed by atoms with Crippen molar-refractivity contribution >= 4 is 89.8 Å². The molecule has 4 heteroatoms. The molecular formula is C82H54BN3. The summed E-state index contributed by atoms with van der Waals surface area (Å²) in [6.07, 6.45) is 0. The van der Waals surface area contributed by atoms with Crippen LogP contribution in [0, 0.1) is 0 Å². The van der Waals surface area contributed by atoms with E-state index in [9.17, 15) is 0 Å². The lowest BCUT2D eigenvalue weighted by molar-refractivity contribution is 1.16. The maximum atomic E-state index is 2.66. The molecule has 17 rings (SSSR count). The van der Waals surface area contributed by atoms with Crippen LogP contribution in [0.25, 0.3) is 105 Å². The maximum absolute atomic E-state index is 2.66. The fourth-order valence-corrected chi connectivity index (χ4v) is 14.1. The summed E-state index contributed by atoms with van der Waals surface area (Å²) in [4.78, 5) is 5.31. The van der Waals surface area contributed by atoms with Gasteiger partial charge < -0.3 is 14.4 Å². The monoisotopic (exact) mass is 1090 g/mol. The average molecular weight is 1090 g/mol. The molecule has 3 heterocycles. The number of hydrogen-bond donors (Lipinski definition) is 0. The van der Waals surface area contributed by atoms with Crippen LogP contribution in [-0.4, -0.2) is 11.3 Å². The van der Waals surface area contributed by atoms with Gasteiger partial charge in [-0.05, 0) is 114 Å². The van der Waals surface area contributed by atoms with E-state index in [1.54, 1.807) is 0 Å². The first-order valence-electron chi connectivity index (χ1n) is 29.8. The smallest absolute Gasteiger partial charge is 0.252 e. The van der Waals surface area contributed by atoms with E-state index in [1.165, 1.54) is 60.2 Å². The Morgan fingerprint density at radius 1 is 0.233 bits per heavy atom. The predicted molar refractivity (Wildman–Crippen MR) is 365 cm³/mol. The van der Waals surface area contributed by atoms with Gasteiger partial charge in [0.15, 0.2) is 0 Å². The zero-order valence-electron chi connectivity index (χ0n) is 47.1. The molecule has 1 aromatic heterocycles. The van der Waals surface area contributed by atoms with Gasteiger partial charge in [-0.3, -0.25) is 0 Å². The Balaban J connectivity index is 1.08. The molecule has 0 unspecified atom stereocenters. The molecule has 0 saturated carbocycles. The minimum atomic E-state index is -0.214. The zero-order chi connectivity index (χ0) is 56.7. The molecular weight excluding hydrogens is 1040 g/mol. The Labute approximate surface area is 501 Å². The standard InChI is InChI=1S/C82H54BN3/c1-7-25-55(26-8-1)63-45-47-75-72(50-63)83-73-51-64(56-27-9-2-10-28-56)46-48-76(73)86(82-68(59-33-15-5-16-34-59)42-24-43-69(82)60-35-17-6-18-36-60)79-54-65(84-74-44-22-21-39-70(74)71-49-61-37-19-20-38-62(61)52-77(71)84)53-78(80(79)83)85(75)81-66(57-29-11-3-12-30-57)40-23-41-67(81)58-31-13-4-14-32-58/h1-54H. The van der Waals surface area contributed by atoms with E-state index in [2.05, 4.69) is 342 Å². The molecule has 0 bridgehead atoms. The van der Waals surface area contributed by atoms with Gasteiger partial charge in [-0.1, -0.05) is 285 Å². The number of anilines is 6. The molecule has 15 aromatic rings.